The van der Waals surface area contributed by atoms with E-state index in [1.165, 1.54) is 6.92 Å². The summed E-state index contributed by atoms with van der Waals surface area (Å²) in [5.74, 6) is 0.0641. The number of ketones is 1. The average Bonchev–Trinajstić information content (AvgIpc) is 2.79. The monoisotopic (exact) mass is 423 g/mol. The standard InChI is InChI=1S/C23H25N3O5/c1-16(27)17-6-2-3-7-18(17)24-22(28)15-26-14-21(23(29)25-10-12-30-13-11-25)31-20-9-5-4-8-19(20)26/h2-9,21H,10-15H2,1H3,(H,24,28)/t21-/m0/s1. The Kier molecular flexibility index (Phi) is 6.18. The van der Waals surface area contributed by atoms with Crippen LogP contribution in [0.3, 0.4) is 0 Å². The number of amides is 2. The summed E-state index contributed by atoms with van der Waals surface area (Å²) >= 11 is 0. The van der Waals surface area contributed by atoms with Crippen molar-refractivity contribution in [2.75, 3.05) is 49.6 Å². The van der Waals surface area contributed by atoms with Gasteiger partial charge in [-0.05, 0) is 31.2 Å². The fraction of sp³-hybridized carbons (Fsp3) is 0.348. The Morgan fingerprint density at radius 1 is 1.03 bits per heavy atom. The van der Waals surface area contributed by atoms with Crippen LogP contribution in [-0.4, -0.2) is 68.0 Å². The van der Waals surface area contributed by atoms with E-state index in [1.807, 2.05) is 23.1 Å². The lowest BCUT2D eigenvalue weighted by molar-refractivity contribution is -0.142. The molecule has 8 nitrogen and oxygen atoms in total. The van der Waals surface area contributed by atoms with Crippen LogP contribution in [0.2, 0.25) is 0 Å². The predicted molar refractivity (Wildman–Crippen MR) is 116 cm³/mol. The molecule has 0 aliphatic carbocycles. The highest BCUT2D eigenvalue weighted by atomic mass is 16.5. The van der Waals surface area contributed by atoms with Gasteiger partial charge in [0.2, 0.25) is 5.91 Å². The van der Waals surface area contributed by atoms with E-state index in [0.717, 1.165) is 5.69 Å². The molecule has 31 heavy (non-hydrogen) atoms. The van der Waals surface area contributed by atoms with Crippen molar-refractivity contribution < 1.29 is 23.9 Å². The zero-order valence-corrected chi connectivity index (χ0v) is 17.4. The van der Waals surface area contributed by atoms with E-state index in [-0.39, 0.29) is 30.7 Å². The number of carbonyl (C=O) groups is 3. The van der Waals surface area contributed by atoms with Gasteiger partial charge in [0.05, 0.1) is 37.7 Å². The Balaban J connectivity index is 1.50. The molecule has 0 spiro atoms. The maximum absolute atomic E-state index is 13.0. The molecule has 2 aliphatic rings. The highest BCUT2D eigenvalue weighted by molar-refractivity contribution is 6.04. The molecule has 1 N–H and O–H groups in total. The molecular formula is C23H25N3O5. The van der Waals surface area contributed by atoms with Crippen LogP contribution in [0.25, 0.3) is 0 Å². The van der Waals surface area contributed by atoms with E-state index in [0.29, 0.717) is 43.3 Å². The van der Waals surface area contributed by atoms with Crippen LogP contribution in [0.4, 0.5) is 11.4 Å². The number of ether oxygens (including phenoxy) is 2. The zero-order chi connectivity index (χ0) is 21.8. The van der Waals surface area contributed by atoms with Gasteiger partial charge in [-0.1, -0.05) is 24.3 Å². The number of morpholine rings is 1. The van der Waals surface area contributed by atoms with E-state index in [4.69, 9.17) is 9.47 Å². The molecule has 1 saturated heterocycles. The summed E-state index contributed by atoms with van der Waals surface area (Å²) in [6.07, 6.45) is -0.703. The maximum atomic E-state index is 13.0. The molecule has 0 radical (unpaired) electrons. The normalized spacial score (nSPS) is 18.0. The number of carbonyl (C=O) groups excluding carboxylic acids is 3. The maximum Gasteiger partial charge on any atom is 0.265 e. The van der Waals surface area contributed by atoms with Crippen LogP contribution in [0.15, 0.2) is 48.5 Å². The first kappa shape index (κ1) is 20.9. The van der Waals surface area contributed by atoms with Crippen LogP contribution in [0.1, 0.15) is 17.3 Å². The van der Waals surface area contributed by atoms with Crippen molar-refractivity contribution in [1.82, 2.24) is 4.90 Å². The summed E-state index contributed by atoms with van der Waals surface area (Å²) in [6, 6.07) is 14.3. The topological polar surface area (TPSA) is 88.2 Å². The average molecular weight is 423 g/mol. The third kappa shape index (κ3) is 4.69. The van der Waals surface area contributed by atoms with Crippen LogP contribution in [0, 0.1) is 0 Å². The molecule has 2 aliphatic heterocycles. The number of benzene rings is 2. The molecule has 1 atom stereocenters. The fourth-order valence-electron chi connectivity index (χ4n) is 3.83. The molecule has 2 heterocycles. The molecule has 2 aromatic rings. The molecule has 4 rings (SSSR count). The van der Waals surface area contributed by atoms with Crippen molar-refractivity contribution in [2.45, 2.75) is 13.0 Å². The van der Waals surface area contributed by atoms with E-state index >= 15 is 0 Å². The van der Waals surface area contributed by atoms with Crippen LogP contribution in [-0.2, 0) is 14.3 Å². The molecule has 1 fully saturated rings. The van der Waals surface area contributed by atoms with Crippen molar-refractivity contribution in [3.63, 3.8) is 0 Å². The Labute approximate surface area is 180 Å². The fourth-order valence-corrected chi connectivity index (χ4v) is 3.83. The first-order chi connectivity index (χ1) is 15.0. The third-order valence-electron chi connectivity index (χ3n) is 5.37. The molecule has 8 heteroatoms. The number of para-hydroxylation sites is 3. The quantitative estimate of drug-likeness (QED) is 0.740. The van der Waals surface area contributed by atoms with Gasteiger partial charge < -0.3 is 24.6 Å². The Hall–Kier alpha value is -3.39. The number of hydrogen-bond donors (Lipinski definition) is 1. The second-order valence-electron chi connectivity index (χ2n) is 7.54. The highest BCUT2D eigenvalue weighted by Crippen LogP contribution is 2.33. The summed E-state index contributed by atoms with van der Waals surface area (Å²) in [7, 11) is 0. The Morgan fingerprint density at radius 3 is 2.52 bits per heavy atom. The van der Waals surface area contributed by atoms with Gasteiger partial charge in [0.1, 0.15) is 5.75 Å². The first-order valence-electron chi connectivity index (χ1n) is 10.3. The van der Waals surface area contributed by atoms with Gasteiger partial charge in [-0.25, -0.2) is 0 Å². The first-order valence-corrected chi connectivity index (χ1v) is 10.3. The molecule has 0 unspecified atom stereocenters. The van der Waals surface area contributed by atoms with Gasteiger partial charge in [-0.15, -0.1) is 0 Å². The number of rotatable bonds is 5. The number of fused-ring (bicyclic) bond motifs is 1. The summed E-state index contributed by atoms with van der Waals surface area (Å²) in [5, 5.41) is 2.82. The minimum Gasteiger partial charge on any atom is -0.477 e. The minimum atomic E-state index is -0.703. The second-order valence-corrected chi connectivity index (χ2v) is 7.54. The van der Waals surface area contributed by atoms with Crippen LogP contribution < -0.4 is 15.0 Å². The summed E-state index contributed by atoms with van der Waals surface area (Å²) in [6.45, 7) is 3.83. The zero-order valence-electron chi connectivity index (χ0n) is 17.4. The third-order valence-corrected chi connectivity index (χ3v) is 5.37. The number of hydrogen-bond acceptors (Lipinski definition) is 6. The lowest BCUT2D eigenvalue weighted by atomic mass is 10.1. The summed E-state index contributed by atoms with van der Waals surface area (Å²) in [4.78, 5) is 41.2. The number of Topliss-reactive ketones (excluding diaryl/α,β-unsaturated/α-hetero) is 1. The molecule has 2 amide bonds. The molecule has 0 aromatic heterocycles. The Morgan fingerprint density at radius 2 is 1.74 bits per heavy atom. The Bertz CT molecular complexity index is 987. The smallest absolute Gasteiger partial charge is 0.265 e. The van der Waals surface area contributed by atoms with Gasteiger partial charge in [-0.3, -0.25) is 14.4 Å². The lowest BCUT2D eigenvalue weighted by Crippen LogP contribution is -2.53. The highest BCUT2D eigenvalue weighted by Gasteiger charge is 2.34. The summed E-state index contributed by atoms with van der Waals surface area (Å²) < 4.78 is 11.3. The van der Waals surface area contributed by atoms with Crippen molar-refractivity contribution >= 4 is 29.0 Å². The lowest BCUT2D eigenvalue weighted by Gasteiger charge is -2.38. The van der Waals surface area contributed by atoms with Crippen molar-refractivity contribution in [3.05, 3.63) is 54.1 Å². The second kappa shape index (κ2) is 9.18. The molecule has 2 aromatic carbocycles. The van der Waals surface area contributed by atoms with Gasteiger partial charge in [-0.2, -0.15) is 0 Å². The predicted octanol–water partition coefficient (Wildman–Crippen LogP) is 1.95. The summed E-state index contributed by atoms with van der Waals surface area (Å²) in [5.41, 5.74) is 1.68. The van der Waals surface area contributed by atoms with E-state index < -0.39 is 6.10 Å². The van der Waals surface area contributed by atoms with Crippen molar-refractivity contribution in [3.8, 4) is 5.75 Å². The van der Waals surface area contributed by atoms with Gasteiger partial charge in [0.25, 0.3) is 5.91 Å². The minimum absolute atomic E-state index is 0.0273. The number of nitrogens with one attached hydrogen (secondary N) is 1. The number of nitrogens with zero attached hydrogens (tertiary/aromatic N) is 2. The largest absolute Gasteiger partial charge is 0.477 e. The van der Waals surface area contributed by atoms with E-state index in [2.05, 4.69) is 5.32 Å². The molecule has 0 bridgehead atoms. The molecule has 162 valence electrons. The van der Waals surface area contributed by atoms with Crippen molar-refractivity contribution in [2.24, 2.45) is 0 Å². The van der Waals surface area contributed by atoms with Gasteiger partial charge >= 0.3 is 0 Å². The molecular weight excluding hydrogens is 398 g/mol. The SMILES string of the molecule is CC(=O)c1ccccc1NC(=O)CN1C[C@@H](C(=O)N2CCOCC2)Oc2ccccc21. The van der Waals surface area contributed by atoms with Gasteiger partial charge in [0, 0.05) is 18.7 Å². The van der Waals surface area contributed by atoms with Gasteiger partial charge in [0.15, 0.2) is 11.9 Å². The molecule has 0 saturated carbocycles. The van der Waals surface area contributed by atoms with Crippen LogP contribution in [0.5, 0.6) is 5.75 Å². The van der Waals surface area contributed by atoms with Crippen molar-refractivity contribution in [1.29, 1.82) is 0 Å². The van der Waals surface area contributed by atoms with E-state index in [1.54, 1.807) is 35.2 Å². The number of anilines is 2. The van der Waals surface area contributed by atoms with E-state index in [9.17, 15) is 14.4 Å². The van der Waals surface area contributed by atoms with Crippen LogP contribution >= 0.6 is 0 Å².